The van der Waals surface area contributed by atoms with Crippen LogP contribution in [0.25, 0.3) is 0 Å². The monoisotopic (exact) mass is 353 g/mol. The lowest BCUT2D eigenvalue weighted by Crippen LogP contribution is -2.09. The summed E-state index contributed by atoms with van der Waals surface area (Å²) in [6.07, 6.45) is 1.80. The zero-order valence-electron chi connectivity index (χ0n) is 13.5. The highest BCUT2D eigenvalue weighted by atomic mass is 32.2. The molecule has 0 aliphatic rings. The highest BCUT2D eigenvalue weighted by Crippen LogP contribution is 2.19. The van der Waals surface area contributed by atoms with Crippen molar-refractivity contribution in [3.05, 3.63) is 36.3 Å². The van der Waals surface area contributed by atoms with Gasteiger partial charge in [-0.1, -0.05) is 6.08 Å². The molecule has 0 unspecified atom stereocenters. The Morgan fingerprint density at radius 2 is 2.00 bits per heavy atom. The van der Waals surface area contributed by atoms with Gasteiger partial charge < -0.3 is 20.0 Å². The van der Waals surface area contributed by atoms with E-state index in [0.29, 0.717) is 6.54 Å². The van der Waals surface area contributed by atoms with E-state index in [1.165, 1.54) is 11.7 Å². The van der Waals surface area contributed by atoms with Gasteiger partial charge in [-0.2, -0.15) is 20.5 Å². The van der Waals surface area contributed by atoms with E-state index >= 15 is 0 Å². The normalized spacial score (nSPS) is 10.9. The number of anilines is 2. The average molecular weight is 354 g/mol. The van der Waals surface area contributed by atoms with Gasteiger partial charge in [-0.25, -0.2) is 0 Å². The zero-order chi connectivity index (χ0) is 16.5. The molecule has 2 heterocycles. The molecule has 2 aromatic rings. The molecule has 0 saturated heterocycles. The average Bonchev–Trinajstić information content (AvgIpc) is 3.13. The van der Waals surface area contributed by atoms with Crippen molar-refractivity contribution >= 4 is 35.1 Å². The molecular weight excluding hydrogens is 330 g/mol. The van der Waals surface area contributed by atoms with Crippen LogP contribution in [0.15, 0.2) is 29.2 Å². The Morgan fingerprint density at radius 1 is 1.26 bits per heavy atom. The van der Waals surface area contributed by atoms with Crippen LogP contribution < -0.4 is 10.6 Å². The second-order valence-corrected chi connectivity index (χ2v) is 6.85. The quantitative estimate of drug-likeness (QED) is 0.475. The Kier molecular flexibility index (Phi) is 7.44. The lowest BCUT2D eigenvalue weighted by atomic mass is 10.4. The summed E-state index contributed by atoms with van der Waals surface area (Å²) >= 11 is 3.03. The summed E-state index contributed by atoms with van der Waals surface area (Å²) in [6.45, 7) is 6.04. The molecule has 0 amide bonds. The van der Waals surface area contributed by atoms with Gasteiger partial charge in [-0.05, 0) is 26.2 Å². The minimum Gasteiger partial charge on any atom is -0.464 e. The van der Waals surface area contributed by atoms with Gasteiger partial charge in [0.25, 0.3) is 0 Å². The SMILES string of the molecule is C=CCNc1nsnc1NCCSCc1ccc(CN(C)C)o1. The highest BCUT2D eigenvalue weighted by molar-refractivity contribution is 7.98. The largest absolute Gasteiger partial charge is 0.464 e. The van der Waals surface area contributed by atoms with Crippen molar-refractivity contribution in [3.63, 3.8) is 0 Å². The van der Waals surface area contributed by atoms with Crippen LogP contribution in [0.3, 0.4) is 0 Å². The number of nitrogens with zero attached hydrogens (tertiary/aromatic N) is 3. The third-order valence-corrected chi connectivity index (χ3v) is 4.38. The number of aromatic nitrogens is 2. The Morgan fingerprint density at radius 3 is 2.74 bits per heavy atom. The van der Waals surface area contributed by atoms with Crippen molar-refractivity contribution in [1.82, 2.24) is 13.6 Å². The highest BCUT2D eigenvalue weighted by Gasteiger charge is 2.06. The molecule has 126 valence electrons. The third-order valence-electron chi connectivity index (χ3n) is 2.87. The molecule has 0 bridgehead atoms. The number of rotatable bonds is 11. The van der Waals surface area contributed by atoms with E-state index < -0.39 is 0 Å². The topological polar surface area (TPSA) is 66.2 Å². The lowest BCUT2D eigenvalue weighted by molar-refractivity contribution is 0.344. The van der Waals surface area contributed by atoms with Gasteiger partial charge in [0.1, 0.15) is 11.5 Å². The Labute approximate surface area is 145 Å². The van der Waals surface area contributed by atoms with Crippen LogP contribution in [0.5, 0.6) is 0 Å². The van der Waals surface area contributed by atoms with Crippen LogP contribution in [0.1, 0.15) is 11.5 Å². The molecule has 2 aromatic heterocycles. The maximum atomic E-state index is 5.79. The van der Waals surface area contributed by atoms with Crippen LogP contribution >= 0.6 is 23.5 Å². The first kappa shape index (κ1) is 17.8. The van der Waals surface area contributed by atoms with E-state index in [0.717, 1.165) is 47.8 Å². The predicted molar refractivity (Wildman–Crippen MR) is 99.3 cm³/mol. The molecule has 0 aliphatic carbocycles. The fraction of sp³-hybridized carbons (Fsp3) is 0.467. The summed E-state index contributed by atoms with van der Waals surface area (Å²) in [6, 6.07) is 4.10. The van der Waals surface area contributed by atoms with E-state index in [-0.39, 0.29) is 0 Å². The summed E-state index contributed by atoms with van der Waals surface area (Å²) in [4.78, 5) is 2.10. The first-order chi connectivity index (χ1) is 11.2. The molecular formula is C15H23N5OS2. The van der Waals surface area contributed by atoms with Crippen molar-refractivity contribution in [2.75, 3.05) is 43.6 Å². The Balaban J connectivity index is 1.65. The molecule has 8 heteroatoms. The number of thioether (sulfide) groups is 1. The van der Waals surface area contributed by atoms with Gasteiger partial charge >= 0.3 is 0 Å². The molecule has 0 aliphatic heterocycles. The smallest absolute Gasteiger partial charge is 0.184 e. The van der Waals surface area contributed by atoms with Crippen LogP contribution in [-0.2, 0) is 12.3 Å². The molecule has 0 saturated carbocycles. The number of hydrogen-bond acceptors (Lipinski definition) is 8. The van der Waals surface area contributed by atoms with Crippen molar-refractivity contribution in [2.24, 2.45) is 0 Å². The molecule has 23 heavy (non-hydrogen) atoms. The molecule has 0 atom stereocenters. The van der Waals surface area contributed by atoms with E-state index in [1.54, 1.807) is 6.08 Å². The maximum Gasteiger partial charge on any atom is 0.184 e. The Hall–Kier alpha value is -1.51. The minimum atomic E-state index is 0.683. The summed E-state index contributed by atoms with van der Waals surface area (Å²) in [5, 5.41) is 6.46. The molecule has 0 aromatic carbocycles. The summed E-state index contributed by atoms with van der Waals surface area (Å²) in [5.74, 6) is 5.49. The molecule has 0 spiro atoms. The first-order valence-corrected chi connectivity index (χ1v) is 9.29. The molecule has 0 radical (unpaired) electrons. The summed E-state index contributed by atoms with van der Waals surface area (Å²) in [5.41, 5.74) is 0. The second kappa shape index (κ2) is 9.59. The van der Waals surface area contributed by atoms with Crippen LogP contribution in [0, 0.1) is 0 Å². The van der Waals surface area contributed by atoms with Crippen LogP contribution in [-0.4, -0.2) is 46.6 Å². The lowest BCUT2D eigenvalue weighted by Gasteiger charge is -2.06. The molecule has 0 fully saturated rings. The van der Waals surface area contributed by atoms with E-state index in [9.17, 15) is 0 Å². The minimum absolute atomic E-state index is 0.683. The molecule has 2 rings (SSSR count). The zero-order valence-corrected chi connectivity index (χ0v) is 15.2. The first-order valence-electron chi connectivity index (χ1n) is 7.40. The van der Waals surface area contributed by atoms with Gasteiger partial charge in [0.05, 0.1) is 24.0 Å². The maximum absolute atomic E-state index is 5.79. The summed E-state index contributed by atoms with van der Waals surface area (Å²) in [7, 11) is 4.07. The molecule has 2 N–H and O–H groups in total. The molecule has 6 nitrogen and oxygen atoms in total. The van der Waals surface area contributed by atoms with Crippen molar-refractivity contribution in [2.45, 2.75) is 12.3 Å². The van der Waals surface area contributed by atoms with Gasteiger partial charge in [-0.3, -0.25) is 0 Å². The van der Waals surface area contributed by atoms with E-state index in [4.69, 9.17) is 4.42 Å². The number of hydrogen-bond donors (Lipinski definition) is 2. The van der Waals surface area contributed by atoms with Crippen molar-refractivity contribution in [1.29, 1.82) is 0 Å². The Bertz CT molecular complexity index is 596. The van der Waals surface area contributed by atoms with Gasteiger partial charge in [0.2, 0.25) is 0 Å². The third kappa shape index (κ3) is 6.25. The van der Waals surface area contributed by atoms with E-state index in [1.807, 2.05) is 31.9 Å². The van der Waals surface area contributed by atoms with Gasteiger partial charge in [-0.15, -0.1) is 6.58 Å². The van der Waals surface area contributed by atoms with Crippen LogP contribution in [0.2, 0.25) is 0 Å². The van der Waals surface area contributed by atoms with Gasteiger partial charge in [0.15, 0.2) is 11.6 Å². The number of furan rings is 1. The number of nitrogens with one attached hydrogen (secondary N) is 2. The van der Waals surface area contributed by atoms with Crippen molar-refractivity contribution < 1.29 is 4.42 Å². The second-order valence-electron chi connectivity index (χ2n) is 5.22. The predicted octanol–water partition coefficient (Wildman–Crippen LogP) is 3.14. The van der Waals surface area contributed by atoms with Gasteiger partial charge in [0, 0.05) is 18.8 Å². The fourth-order valence-electron chi connectivity index (χ4n) is 1.90. The van der Waals surface area contributed by atoms with Crippen molar-refractivity contribution in [3.8, 4) is 0 Å². The standard InChI is InChI=1S/C15H23N5OS2/c1-4-7-16-14-15(19-23-18-14)17-8-9-22-11-13-6-5-12(21-13)10-20(2)3/h4-6H,1,7-11H2,2-3H3,(H,16,18)(H,17,19). The fourth-order valence-corrected chi connectivity index (χ4v) is 3.15. The summed E-state index contributed by atoms with van der Waals surface area (Å²) < 4.78 is 14.2. The van der Waals surface area contributed by atoms with Crippen LogP contribution in [0.4, 0.5) is 11.6 Å². The van der Waals surface area contributed by atoms with E-state index in [2.05, 4.69) is 36.9 Å².